The van der Waals surface area contributed by atoms with Gasteiger partial charge in [0, 0.05) is 25.5 Å². The normalized spacial score (nSPS) is 11.0. The molecule has 0 spiro atoms. The molecule has 1 rings (SSSR count). The van der Waals surface area contributed by atoms with Gasteiger partial charge in [0.2, 0.25) is 0 Å². The Labute approximate surface area is 70.2 Å². The van der Waals surface area contributed by atoms with Crippen molar-refractivity contribution in [2.24, 2.45) is 7.05 Å². The highest BCUT2D eigenvalue weighted by molar-refractivity contribution is 5.05. The highest BCUT2D eigenvalue weighted by Gasteiger charge is 2.01. The van der Waals surface area contributed by atoms with Crippen molar-refractivity contribution >= 4 is 0 Å². The van der Waals surface area contributed by atoms with Gasteiger partial charge in [0.25, 0.3) is 6.43 Å². The van der Waals surface area contributed by atoms with Gasteiger partial charge in [-0.1, -0.05) is 0 Å². The summed E-state index contributed by atoms with van der Waals surface area (Å²) in [6.07, 6.45) is -0.385. The molecule has 1 aromatic rings. The Hall–Kier alpha value is -0.900. The molecule has 1 heterocycles. The maximum absolute atomic E-state index is 11.7. The highest BCUT2D eigenvalue weighted by atomic mass is 19.3. The zero-order valence-corrected chi connectivity index (χ0v) is 6.93. The molecule has 4 heteroatoms. The molecule has 12 heavy (non-hydrogen) atoms. The summed E-state index contributed by atoms with van der Waals surface area (Å²) in [4.78, 5) is 0. The minimum absolute atomic E-state index is 0.245. The van der Waals surface area contributed by atoms with Crippen LogP contribution in [0.15, 0.2) is 18.3 Å². The third-order valence-corrected chi connectivity index (χ3v) is 1.66. The lowest BCUT2D eigenvalue weighted by molar-refractivity contribution is 0.145. The molecule has 0 saturated heterocycles. The van der Waals surface area contributed by atoms with E-state index in [-0.39, 0.29) is 6.54 Å². The van der Waals surface area contributed by atoms with E-state index < -0.39 is 6.43 Å². The molecular weight excluding hydrogens is 162 g/mol. The molecule has 1 aromatic heterocycles. The van der Waals surface area contributed by atoms with Crippen LogP contribution in [0.1, 0.15) is 5.69 Å². The fourth-order valence-electron chi connectivity index (χ4n) is 0.989. The van der Waals surface area contributed by atoms with Gasteiger partial charge in [0.05, 0.1) is 6.54 Å². The van der Waals surface area contributed by atoms with Crippen molar-refractivity contribution in [3.8, 4) is 0 Å². The second-order valence-electron chi connectivity index (χ2n) is 2.63. The lowest BCUT2D eigenvalue weighted by Gasteiger charge is -2.04. The minimum atomic E-state index is -2.27. The smallest absolute Gasteiger partial charge is 0.250 e. The Kier molecular flexibility index (Phi) is 3.22. The van der Waals surface area contributed by atoms with Crippen molar-refractivity contribution in [2.75, 3.05) is 6.54 Å². The SMILES string of the molecule is Cn1cccc1CNCC(F)F. The number of alkyl halides is 2. The van der Waals surface area contributed by atoms with E-state index in [2.05, 4.69) is 5.32 Å². The lowest BCUT2D eigenvalue weighted by atomic mass is 10.4. The molecule has 0 radical (unpaired) electrons. The molecule has 0 aliphatic carbocycles. The summed E-state index contributed by atoms with van der Waals surface area (Å²) in [6.45, 7) is 0.249. The maximum Gasteiger partial charge on any atom is 0.250 e. The molecule has 0 atom stereocenters. The van der Waals surface area contributed by atoms with Gasteiger partial charge in [0.15, 0.2) is 0 Å². The van der Waals surface area contributed by atoms with Gasteiger partial charge < -0.3 is 9.88 Å². The quantitative estimate of drug-likeness (QED) is 0.729. The summed E-state index contributed by atoms with van der Waals surface area (Å²) in [5.74, 6) is 0. The lowest BCUT2D eigenvalue weighted by Crippen LogP contribution is -2.21. The number of hydrogen-bond acceptors (Lipinski definition) is 1. The van der Waals surface area contributed by atoms with Crippen LogP contribution in [0.25, 0.3) is 0 Å². The van der Waals surface area contributed by atoms with Gasteiger partial charge in [-0.2, -0.15) is 0 Å². The second-order valence-corrected chi connectivity index (χ2v) is 2.63. The molecule has 0 aliphatic heterocycles. The van der Waals surface area contributed by atoms with Gasteiger partial charge in [-0.25, -0.2) is 8.78 Å². The Morgan fingerprint density at radius 1 is 1.58 bits per heavy atom. The first-order valence-electron chi connectivity index (χ1n) is 3.79. The Morgan fingerprint density at radius 3 is 2.83 bits per heavy atom. The molecule has 0 aliphatic rings. The van der Waals surface area contributed by atoms with Crippen molar-refractivity contribution in [3.63, 3.8) is 0 Å². The predicted molar refractivity (Wildman–Crippen MR) is 43.1 cm³/mol. The fourth-order valence-corrected chi connectivity index (χ4v) is 0.989. The van der Waals surface area contributed by atoms with E-state index in [1.165, 1.54) is 0 Å². The zero-order valence-electron chi connectivity index (χ0n) is 6.93. The standard InChI is InChI=1S/C8H12F2N2/c1-12-4-2-3-7(12)5-11-6-8(9)10/h2-4,8,11H,5-6H2,1H3. The van der Waals surface area contributed by atoms with E-state index in [1.54, 1.807) is 0 Å². The summed E-state index contributed by atoms with van der Waals surface area (Å²) in [7, 11) is 1.89. The third-order valence-electron chi connectivity index (χ3n) is 1.66. The second kappa shape index (κ2) is 4.21. The maximum atomic E-state index is 11.7. The third kappa shape index (κ3) is 2.62. The van der Waals surface area contributed by atoms with Crippen LogP contribution in [0.3, 0.4) is 0 Å². The first kappa shape index (κ1) is 9.19. The Balaban J connectivity index is 2.29. The molecule has 0 saturated carbocycles. The van der Waals surface area contributed by atoms with Crippen LogP contribution in [0.4, 0.5) is 8.78 Å². The van der Waals surface area contributed by atoms with Crippen LogP contribution in [0, 0.1) is 0 Å². The number of nitrogens with zero attached hydrogens (tertiary/aromatic N) is 1. The van der Waals surface area contributed by atoms with Gasteiger partial charge in [-0.3, -0.25) is 0 Å². The molecular formula is C8H12F2N2. The molecule has 0 unspecified atom stereocenters. The van der Waals surface area contributed by atoms with E-state index in [1.807, 2.05) is 29.9 Å². The number of halogens is 2. The summed E-state index contributed by atoms with van der Waals surface area (Å²) < 4.78 is 25.3. The van der Waals surface area contributed by atoms with Crippen LogP contribution in [-0.2, 0) is 13.6 Å². The largest absolute Gasteiger partial charge is 0.353 e. The van der Waals surface area contributed by atoms with Crippen molar-refractivity contribution in [1.29, 1.82) is 0 Å². The number of nitrogens with one attached hydrogen (secondary N) is 1. The van der Waals surface area contributed by atoms with Crippen LogP contribution >= 0.6 is 0 Å². The first-order chi connectivity index (χ1) is 5.70. The number of rotatable bonds is 4. The van der Waals surface area contributed by atoms with Crippen molar-refractivity contribution in [3.05, 3.63) is 24.0 Å². The first-order valence-corrected chi connectivity index (χ1v) is 3.79. The van der Waals surface area contributed by atoms with Crippen LogP contribution < -0.4 is 5.32 Å². The summed E-state index contributed by atoms with van der Waals surface area (Å²) in [5, 5.41) is 2.66. The molecule has 0 fully saturated rings. The van der Waals surface area contributed by atoms with Gasteiger partial charge in [-0.15, -0.1) is 0 Å². The molecule has 0 aromatic carbocycles. The number of aryl methyl sites for hydroxylation is 1. The zero-order chi connectivity index (χ0) is 8.97. The molecule has 2 nitrogen and oxygen atoms in total. The predicted octanol–water partition coefficient (Wildman–Crippen LogP) is 1.38. The number of aromatic nitrogens is 1. The minimum Gasteiger partial charge on any atom is -0.353 e. The fraction of sp³-hybridized carbons (Fsp3) is 0.500. The summed E-state index contributed by atoms with van der Waals surface area (Å²) >= 11 is 0. The molecule has 0 amide bonds. The molecule has 0 bridgehead atoms. The average molecular weight is 174 g/mol. The van der Waals surface area contributed by atoms with Crippen molar-refractivity contribution in [2.45, 2.75) is 13.0 Å². The molecule has 68 valence electrons. The van der Waals surface area contributed by atoms with Crippen molar-refractivity contribution < 1.29 is 8.78 Å². The Bertz CT molecular complexity index is 233. The van der Waals surface area contributed by atoms with Gasteiger partial charge in [-0.05, 0) is 12.1 Å². The van der Waals surface area contributed by atoms with E-state index in [4.69, 9.17) is 0 Å². The monoisotopic (exact) mass is 174 g/mol. The van der Waals surface area contributed by atoms with Gasteiger partial charge in [0.1, 0.15) is 0 Å². The van der Waals surface area contributed by atoms with Gasteiger partial charge >= 0.3 is 0 Å². The van der Waals surface area contributed by atoms with E-state index >= 15 is 0 Å². The molecule has 1 N–H and O–H groups in total. The van der Waals surface area contributed by atoms with Crippen LogP contribution in [0.2, 0.25) is 0 Å². The topological polar surface area (TPSA) is 17.0 Å². The highest BCUT2D eigenvalue weighted by Crippen LogP contribution is 1.98. The van der Waals surface area contributed by atoms with E-state index in [0.717, 1.165) is 5.69 Å². The summed E-state index contributed by atoms with van der Waals surface area (Å²) in [5.41, 5.74) is 1.01. The van der Waals surface area contributed by atoms with Crippen molar-refractivity contribution in [1.82, 2.24) is 9.88 Å². The van der Waals surface area contributed by atoms with E-state index in [9.17, 15) is 8.78 Å². The van der Waals surface area contributed by atoms with Crippen LogP contribution in [0.5, 0.6) is 0 Å². The number of hydrogen-bond donors (Lipinski definition) is 1. The van der Waals surface area contributed by atoms with Crippen LogP contribution in [-0.4, -0.2) is 17.5 Å². The van der Waals surface area contributed by atoms with E-state index in [0.29, 0.717) is 6.54 Å². The Morgan fingerprint density at radius 2 is 2.33 bits per heavy atom. The summed E-state index contributed by atoms with van der Waals surface area (Å²) in [6, 6.07) is 3.79. The average Bonchev–Trinajstić information content (AvgIpc) is 2.36.